The molecule has 4 atom stereocenters. The van der Waals surface area contributed by atoms with Crippen molar-refractivity contribution >= 4 is 23.6 Å². The third-order valence-corrected chi connectivity index (χ3v) is 6.82. The van der Waals surface area contributed by atoms with E-state index < -0.39 is 47.9 Å². The molecule has 1 aliphatic heterocycles. The maximum absolute atomic E-state index is 13.4. The lowest BCUT2D eigenvalue weighted by molar-refractivity contribution is -0.135. The standard InChI is InChI=1S/C28H53N5O5/c1-5-6-7-8-9-10-11-12-15-20-24(35)27(38)30-19-23(34)31-21(16-13-14-17-29)25(36)33-22(26(37)32-20)18-28(2,3)4/h20-22,24,35H,5-19,29H2,1-4H3,(H,30,38)(H,31,34)(H,32,37)(H,33,36)/t20?,21?,22?,24-/m0/s1. The smallest absolute Gasteiger partial charge is 0.251 e. The average molecular weight is 540 g/mol. The lowest BCUT2D eigenvalue weighted by Gasteiger charge is -2.30. The molecule has 1 saturated heterocycles. The number of aliphatic hydroxyl groups is 1. The number of nitrogens with two attached hydrogens (primary N) is 1. The third kappa shape index (κ3) is 14.1. The first kappa shape index (κ1) is 33.8. The van der Waals surface area contributed by atoms with Crippen LogP contribution >= 0.6 is 0 Å². The van der Waals surface area contributed by atoms with Crippen molar-refractivity contribution in [2.45, 2.75) is 135 Å². The number of aliphatic hydroxyl groups excluding tert-OH is 1. The van der Waals surface area contributed by atoms with Crippen LogP contribution < -0.4 is 27.0 Å². The summed E-state index contributed by atoms with van der Waals surface area (Å²) in [5.74, 6) is -2.17. The van der Waals surface area contributed by atoms with Crippen LogP contribution in [0.25, 0.3) is 0 Å². The Morgan fingerprint density at radius 2 is 1.34 bits per heavy atom. The van der Waals surface area contributed by atoms with Crippen molar-refractivity contribution < 1.29 is 24.3 Å². The molecule has 0 aliphatic carbocycles. The van der Waals surface area contributed by atoms with E-state index in [0.717, 1.165) is 25.7 Å². The first-order valence-corrected chi connectivity index (χ1v) is 14.5. The summed E-state index contributed by atoms with van der Waals surface area (Å²) in [5.41, 5.74) is 5.29. The highest BCUT2D eigenvalue weighted by Crippen LogP contribution is 2.22. The number of carbonyl (C=O) groups is 4. The van der Waals surface area contributed by atoms with Crippen LogP contribution in [0.5, 0.6) is 0 Å². The van der Waals surface area contributed by atoms with Crippen LogP contribution in [0.3, 0.4) is 0 Å². The summed E-state index contributed by atoms with van der Waals surface area (Å²) in [6.07, 6.45) is 9.67. The number of hydrogen-bond donors (Lipinski definition) is 6. The second-order valence-corrected chi connectivity index (χ2v) is 11.8. The molecule has 7 N–H and O–H groups in total. The van der Waals surface area contributed by atoms with Gasteiger partial charge in [-0.05, 0) is 44.1 Å². The summed E-state index contributed by atoms with van der Waals surface area (Å²) in [6.45, 7) is 8.18. The second kappa shape index (κ2) is 18.2. The minimum absolute atomic E-state index is 0.287. The fourth-order valence-electron chi connectivity index (χ4n) is 4.65. The Balaban J connectivity index is 3.02. The van der Waals surface area contributed by atoms with E-state index in [9.17, 15) is 24.3 Å². The molecule has 10 heteroatoms. The Kier molecular flexibility index (Phi) is 16.2. The molecule has 0 aromatic rings. The minimum Gasteiger partial charge on any atom is -0.381 e. The van der Waals surface area contributed by atoms with Gasteiger partial charge < -0.3 is 32.1 Å². The van der Waals surface area contributed by atoms with Gasteiger partial charge >= 0.3 is 0 Å². The SMILES string of the molecule is CCCCCCCCCCC1NC(=O)C(CC(C)(C)C)NC(=O)C(CCCCN)NC(=O)CNC(=O)[C@H]1O. The highest BCUT2D eigenvalue weighted by molar-refractivity contribution is 5.94. The first-order valence-electron chi connectivity index (χ1n) is 14.5. The minimum atomic E-state index is -1.51. The van der Waals surface area contributed by atoms with Gasteiger partial charge in [-0.2, -0.15) is 0 Å². The van der Waals surface area contributed by atoms with Crippen molar-refractivity contribution in [3.05, 3.63) is 0 Å². The Morgan fingerprint density at radius 3 is 1.95 bits per heavy atom. The number of nitrogens with one attached hydrogen (secondary N) is 4. The number of hydrogen-bond acceptors (Lipinski definition) is 6. The highest BCUT2D eigenvalue weighted by atomic mass is 16.3. The van der Waals surface area contributed by atoms with Gasteiger partial charge in [-0.25, -0.2) is 0 Å². The fraction of sp³-hybridized carbons (Fsp3) is 0.857. The molecule has 1 heterocycles. The van der Waals surface area contributed by atoms with Gasteiger partial charge in [0, 0.05) is 0 Å². The Hall–Kier alpha value is -2.20. The van der Waals surface area contributed by atoms with Crippen LogP contribution in [0, 0.1) is 5.41 Å². The van der Waals surface area contributed by atoms with E-state index in [1.165, 1.54) is 25.7 Å². The average Bonchev–Trinajstić information content (AvgIpc) is 2.85. The summed E-state index contributed by atoms with van der Waals surface area (Å²) in [4.78, 5) is 51.8. The normalized spacial score (nSPS) is 23.8. The van der Waals surface area contributed by atoms with E-state index >= 15 is 0 Å². The molecule has 1 fully saturated rings. The van der Waals surface area contributed by atoms with Gasteiger partial charge in [0.1, 0.15) is 12.1 Å². The fourth-order valence-corrected chi connectivity index (χ4v) is 4.65. The van der Waals surface area contributed by atoms with E-state index in [0.29, 0.717) is 38.6 Å². The van der Waals surface area contributed by atoms with Gasteiger partial charge in [0.2, 0.25) is 17.7 Å². The Morgan fingerprint density at radius 1 is 0.763 bits per heavy atom. The molecular weight excluding hydrogens is 486 g/mol. The van der Waals surface area contributed by atoms with Crippen molar-refractivity contribution in [3.8, 4) is 0 Å². The van der Waals surface area contributed by atoms with E-state index in [1.54, 1.807) is 0 Å². The predicted molar refractivity (Wildman–Crippen MR) is 149 cm³/mol. The molecule has 0 bridgehead atoms. The zero-order valence-corrected chi connectivity index (χ0v) is 24.1. The van der Waals surface area contributed by atoms with Crippen LogP contribution in [-0.4, -0.2) is 66.1 Å². The Bertz CT molecular complexity index is 740. The molecule has 10 nitrogen and oxygen atoms in total. The van der Waals surface area contributed by atoms with Crippen LogP contribution in [-0.2, 0) is 19.2 Å². The summed E-state index contributed by atoms with van der Waals surface area (Å²) in [6, 6.07) is -2.57. The number of amides is 4. The van der Waals surface area contributed by atoms with Crippen LogP contribution in [0.2, 0.25) is 0 Å². The van der Waals surface area contributed by atoms with Gasteiger partial charge in [-0.15, -0.1) is 0 Å². The van der Waals surface area contributed by atoms with Gasteiger partial charge in [-0.3, -0.25) is 19.2 Å². The number of carbonyl (C=O) groups excluding carboxylic acids is 4. The highest BCUT2D eigenvalue weighted by Gasteiger charge is 2.34. The zero-order valence-electron chi connectivity index (χ0n) is 24.1. The maximum Gasteiger partial charge on any atom is 0.251 e. The van der Waals surface area contributed by atoms with E-state index in [4.69, 9.17) is 5.73 Å². The van der Waals surface area contributed by atoms with Crippen molar-refractivity contribution in [2.75, 3.05) is 13.1 Å². The summed E-state index contributed by atoms with van der Waals surface area (Å²) < 4.78 is 0. The van der Waals surface area contributed by atoms with E-state index in [2.05, 4.69) is 28.2 Å². The van der Waals surface area contributed by atoms with Gasteiger partial charge in [0.15, 0.2) is 6.10 Å². The Labute approximate surface area is 229 Å². The molecule has 0 radical (unpaired) electrons. The van der Waals surface area contributed by atoms with Crippen molar-refractivity contribution in [3.63, 3.8) is 0 Å². The van der Waals surface area contributed by atoms with Gasteiger partial charge in [0.05, 0.1) is 12.6 Å². The molecular formula is C28H53N5O5. The van der Waals surface area contributed by atoms with Crippen LogP contribution in [0.4, 0.5) is 0 Å². The lowest BCUT2D eigenvalue weighted by atomic mass is 9.87. The van der Waals surface area contributed by atoms with Crippen molar-refractivity contribution in [1.29, 1.82) is 0 Å². The van der Waals surface area contributed by atoms with Crippen molar-refractivity contribution in [2.24, 2.45) is 11.1 Å². The predicted octanol–water partition coefficient (Wildman–Crippen LogP) is 2.03. The quantitative estimate of drug-likeness (QED) is 0.185. The third-order valence-electron chi connectivity index (χ3n) is 6.82. The molecule has 0 spiro atoms. The second-order valence-electron chi connectivity index (χ2n) is 11.8. The largest absolute Gasteiger partial charge is 0.381 e. The molecule has 3 unspecified atom stereocenters. The van der Waals surface area contributed by atoms with Gasteiger partial charge in [0.25, 0.3) is 5.91 Å². The van der Waals surface area contributed by atoms with Crippen LogP contribution in [0.1, 0.15) is 111 Å². The molecule has 220 valence electrons. The topological polar surface area (TPSA) is 163 Å². The van der Waals surface area contributed by atoms with Gasteiger partial charge in [-0.1, -0.05) is 79.1 Å². The maximum atomic E-state index is 13.4. The van der Waals surface area contributed by atoms with E-state index in [-0.39, 0.29) is 12.0 Å². The number of rotatable bonds is 14. The summed E-state index contributed by atoms with van der Waals surface area (Å²) in [5, 5.41) is 21.6. The van der Waals surface area contributed by atoms with Crippen LogP contribution in [0.15, 0.2) is 0 Å². The first-order chi connectivity index (χ1) is 18.0. The molecule has 0 aromatic carbocycles. The molecule has 4 amide bonds. The molecule has 38 heavy (non-hydrogen) atoms. The van der Waals surface area contributed by atoms with Crippen molar-refractivity contribution in [1.82, 2.24) is 21.3 Å². The summed E-state index contributed by atoms with van der Waals surface area (Å²) >= 11 is 0. The van der Waals surface area contributed by atoms with E-state index in [1.807, 2.05) is 20.8 Å². The molecule has 1 rings (SSSR count). The monoisotopic (exact) mass is 539 g/mol. The molecule has 1 aliphatic rings. The lowest BCUT2D eigenvalue weighted by Crippen LogP contribution is -2.57. The summed E-state index contributed by atoms with van der Waals surface area (Å²) in [7, 11) is 0. The molecule has 0 saturated carbocycles. The number of unbranched alkanes of at least 4 members (excludes halogenated alkanes) is 8. The zero-order chi connectivity index (χ0) is 28.6. The molecule has 0 aromatic heterocycles.